The van der Waals surface area contributed by atoms with E-state index >= 15 is 0 Å². The summed E-state index contributed by atoms with van der Waals surface area (Å²) >= 11 is 1.62. The SMILES string of the molecule is CCc1ccccc1P(=O)(O)Cc1ccc(C(=O)Nc2cc(-c3cccs3)ccc2N)cc1. The normalized spacial score (nSPS) is 12.8. The lowest BCUT2D eigenvalue weighted by Crippen LogP contribution is -2.14. The number of hydrogen-bond acceptors (Lipinski definition) is 4. The van der Waals surface area contributed by atoms with E-state index in [1.165, 1.54) is 0 Å². The van der Waals surface area contributed by atoms with E-state index in [1.54, 1.807) is 53.8 Å². The molecule has 0 aliphatic carbocycles. The van der Waals surface area contributed by atoms with Crippen LogP contribution in [0.15, 0.2) is 84.2 Å². The molecule has 1 heterocycles. The molecule has 4 N–H and O–H groups in total. The lowest BCUT2D eigenvalue weighted by atomic mass is 10.1. The Kier molecular flexibility index (Phi) is 6.80. The first-order valence-electron chi connectivity index (χ1n) is 10.6. The van der Waals surface area contributed by atoms with Gasteiger partial charge >= 0.3 is 0 Å². The average Bonchev–Trinajstić information content (AvgIpc) is 3.35. The molecular weight excluding hydrogens is 451 g/mol. The summed E-state index contributed by atoms with van der Waals surface area (Å²) in [5.41, 5.74) is 10.1. The third-order valence-corrected chi connectivity index (χ3v) is 8.37. The molecule has 1 aromatic heterocycles. The van der Waals surface area contributed by atoms with Crippen LogP contribution in [0, 0.1) is 0 Å². The highest BCUT2D eigenvalue weighted by Crippen LogP contribution is 2.44. The van der Waals surface area contributed by atoms with Gasteiger partial charge in [-0.1, -0.05) is 49.4 Å². The highest BCUT2D eigenvalue weighted by Gasteiger charge is 2.24. The van der Waals surface area contributed by atoms with Crippen molar-refractivity contribution in [1.29, 1.82) is 0 Å². The molecule has 0 saturated heterocycles. The summed E-state index contributed by atoms with van der Waals surface area (Å²) in [6.45, 7) is 1.97. The fraction of sp³-hybridized carbons (Fsp3) is 0.115. The lowest BCUT2D eigenvalue weighted by Gasteiger charge is -2.16. The Labute approximate surface area is 197 Å². The van der Waals surface area contributed by atoms with Gasteiger partial charge in [-0.05, 0) is 64.9 Å². The van der Waals surface area contributed by atoms with E-state index in [0.717, 1.165) is 16.0 Å². The minimum Gasteiger partial charge on any atom is -0.397 e. The van der Waals surface area contributed by atoms with Crippen molar-refractivity contribution >= 4 is 41.3 Å². The van der Waals surface area contributed by atoms with Crippen molar-refractivity contribution in [2.24, 2.45) is 0 Å². The molecule has 0 radical (unpaired) electrons. The smallest absolute Gasteiger partial charge is 0.255 e. The maximum atomic E-state index is 13.1. The van der Waals surface area contributed by atoms with Crippen LogP contribution < -0.4 is 16.4 Å². The van der Waals surface area contributed by atoms with Crippen LogP contribution in [0.5, 0.6) is 0 Å². The first kappa shape index (κ1) is 23.0. The van der Waals surface area contributed by atoms with Crippen LogP contribution in [0.25, 0.3) is 10.4 Å². The van der Waals surface area contributed by atoms with Crippen molar-refractivity contribution in [3.05, 3.63) is 101 Å². The van der Waals surface area contributed by atoms with Crippen LogP contribution in [0.3, 0.4) is 0 Å². The summed E-state index contributed by atoms with van der Waals surface area (Å²) in [4.78, 5) is 24.6. The van der Waals surface area contributed by atoms with Crippen LogP contribution in [0.4, 0.5) is 11.4 Å². The maximum Gasteiger partial charge on any atom is 0.255 e. The Hall–Kier alpha value is -3.18. The second-order valence-corrected chi connectivity index (χ2v) is 10.9. The third-order valence-electron chi connectivity index (χ3n) is 5.47. The number of thiophene rings is 1. The monoisotopic (exact) mass is 476 g/mol. The molecule has 0 bridgehead atoms. The molecule has 33 heavy (non-hydrogen) atoms. The number of nitrogen functional groups attached to an aromatic ring is 1. The molecule has 168 valence electrons. The Morgan fingerprint density at radius 3 is 2.48 bits per heavy atom. The predicted octanol–water partition coefficient (Wildman–Crippen LogP) is 5.91. The van der Waals surface area contributed by atoms with Crippen LogP contribution in [0.2, 0.25) is 0 Å². The number of nitrogens with one attached hydrogen (secondary N) is 1. The van der Waals surface area contributed by atoms with Crippen molar-refractivity contribution in [1.82, 2.24) is 0 Å². The lowest BCUT2D eigenvalue weighted by molar-refractivity contribution is 0.102. The van der Waals surface area contributed by atoms with Gasteiger partial charge in [-0.2, -0.15) is 0 Å². The van der Waals surface area contributed by atoms with E-state index < -0.39 is 7.37 Å². The molecule has 1 atom stereocenters. The van der Waals surface area contributed by atoms with Gasteiger partial charge in [0.05, 0.1) is 17.5 Å². The summed E-state index contributed by atoms with van der Waals surface area (Å²) in [7, 11) is -3.57. The summed E-state index contributed by atoms with van der Waals surface area (Å²) in [5.74, 6) is -0.292. The number of benzene rings is 3. The standard InChI is InChI=1S/C26H25N2O3PS/c1-2-19-6-3-4-7-24(19)32(30,31)17-18-9-11-20(12-10-18)26(29)28-23-16-21(13-14-22(23)27)25-8-5-15-33-25/h3-16H,2,17,27H2,1H3,(H,28,29)(H,30,31). The number of hydrogen-bond donors (Lipinski definition) is 3. The van der Waals surface area contributed by atoms with Crippen LogP contribution in [-0.4, -0.2) is 10.8 Å². The van der Waals surface area contributed by atoms with Crippen molar-refractivity contribution in [3.8, 4) is 10.4 Å². The third kappa shape index (κ3) is 5.25. The Morgan fingerprint density at radius 1 is 1.03 bits per heavy atom. The Morgan fingerprint density at radius 2 is 1.79 bits per heavy atom. The molecular formula is C26H25N2O3PS. The van der Waals surface area contributed by atoms with Gasteiger partial charge in [0.1, 0.15) is 0 Å². The Balaban J connectivity index is 1.49. The largest absolute Gasteiger partial charge is 0.397 e. The van der Waals surface area contributed by atoms with Crippen molar-refractivity contribution in [2.45, 2.75) is 19.5 Å². The summed E-state index contributed by atoms with van der Waals surface area (Å²) in [6, 6.07) is 23.6. The minimum absolute atomic E-state index is 0.0156. The van der Waals surface area contributed by atoms with Gasteiger partial charge in [-0.25, -0.2) is 0 Å². The number of amides is 1. The van der Waals surface area contributed by atoms with Crippen LogP contribution in [-0.2, 0) is 17.1 Å². The molecule has 0 fully saturated rings. The van der Waals surface area contributed by atoms with Gasteiger partial charge in [-0.3, -0.25) is 9.36 Å². The van der Waals surface area contributed by atoms with Gasteiger partial charge in [0.2, 0.25) is 7.37 Å². The zero-order valence-corrected chi connectivity index (χ0v) is 19.9. The van der Waals surface area contributed by atoms with E-state index in [4.69, 9.17) is 5.73 Å². The fourth-order valence-corrected chi connectivity index (χ4v) is 6.30. The van der Waals surface area contributed by atoms with Gasteiger partial charge in [0, 0.05) is 15.7 Å². The zero-order valence-electron chi connectivity index (χ0n) is 18.2. The molecule has 4 aromatic rings. The molecule has 7 heteroatoms. The van der Waals surface area contributed by atoms with E-state index in [2.05, 4.69) is 5.32 Å². The van der Waals surface area contributed by atoms with E-state index in [1.807, 2.05) is 48.7 Å². The maximum absolute atomic E-state index is 13.1. The number of carbonyl (C=O) groups excluding carboxylic acids is 1. The molecule has 0 aliphatic rings. The molecule has 0 saturated carbocycles. The number of carbonyl (C=O) groups is 1. The predicted molar refractivity (Wildman–Crippen MR) is 138 cm³/mol. The van der Waals surface area contributed by atoms with Crippen molar-refractivity contribution in [2.75, 3.05) is 11.1 Å². The topological polar surface area (TPSA) is 92.4 Å². The molecule has 4 rings (SSSR count). The molecule has 1 amide bonds. The summed E-state index contributed by atoms with van der Waals surface area (Å²) < 4.78 is 13.1. The van der Waals surface area contributed by atoms with Crippen molar-refractivity contribution in [3.63, 3.8) is 0 Å². The van der Waals surface area contributed by atoms with Gasteiger partial charge in [-0.15, -0.1) is 11.3 Å². The highest BCUT2D eigenvalue weighted by molar-refractivity contribution is 7.65. The summed E-state index contributed by atoms with van der Waals surface area (Å²) in [6.07, 6.45) is 0.707. The van der Waals surface area contributed by atoms with E-state index in [-0.39, 0.29) is 12.1 Å². The number of rotatable bonds is 7. The fourth-order valence-electron chi connectivity index (χ4n) is 3.70. The van der Waals surface area contributed by atoms with Crippen LogP contribution >= 0.6 is 18.7 Å². The second-order valence-electron chi connectivity index (χ2n) is 7.77. The molecule has 3 aromatic carbocycles. The molecule has 0 spiro atoms. The first-order valence-corrected chi connectivity index (χ1v) is 13.3. The van der Waals surface area contributed by atoms with Crippen LogP contribution in [0.1, 0.15) is 28.4 Å². The number of anilines is 2. The highest BCUT2D eigenvalue weighted by atomic mass is 32.1. The van der Waals surface area contributed by atoms with Gasteiger partial charge in [0.15, 0.2) is 0 Å². The average molecular weight is 477 g/mol. The molecule has 0 aliphatic heterocycles. The van der Waals surface area contributed by atoms with Gasteiger partial charge < -0.3 is 15.9 Å². The number of nitrogens with two attached hydrogens (primary N) is 1. The molecule has 1 unspecified atom stereocenters. The zero-order chi connectivity index (χ0) is 23.4. The minimum atomic E-state index is -3.57. The second kappa shape index (κ2) is 9.75. The van der Waals surface area contributed by atoms with E-state index in [0.29, 0.717) is 34.2 Å². The Bertz CT molecular complexity index is 1320. The van der Waals surface area contributed by atoms with E-state index in [9.17, 15) is 14.3 Å². The number of aryl methyl sites for hydroxylation is 1. The first-order chi connectivity index (χ1) is 15.9. The van der Waals surface area contributed by atoms with Gasteiger partial charge in [0.25, 0.3) is 5.91 Å². The van der Waals surface area contributed by atoms with Crippen molar-refractivity contribution < 1.29 is 14.3 Å². The summed E-state index contributed by atoms with van der Waals surface area (Å²) in [5, 5.41) is 5.37. The molecule has 5 nitrogen and oxygen atoms in total. The quantitative estimate of drug-likeness (QED) is 0.228.